The monoisotopic (exact) mass is 416 g/mol. The molecule has 2 N–H and O–H groups in total. The third-order valence-corrected chi connectivity index (χ3v) is 6.84. The SMILES string of the molecule is Cc1ccc(C)c(-c2ccc(C(=O)N3CCC4(CC3)COc3ccc(CN)cc34)o2)c1. The Kier molecular flexibility index (Phi) is 4.86. The molecule has 1 spiro atoms. The van der Waals surface area contributed by atoms with Gasteiger partial charge in [0.2, 0.25) is 0 Å². The first-order valence-electron chi connectivity index (χ1n) is 10.9. The second-order valence-electron chi connectivity index (χ2n) is 8.88. The number of likely N-dealkylation sites (tertiary alicyclic amines) is 1. The zero-order chi connectivity index (χ0) is 21.6. The van der Waals surface area contributed by atoms with Crippen LogP contribution in [0.5, 0.6) is 5.75 Å². The molecule has 2 aliphatic heterocycles. The third-order valence-electron chi connectivity index (χ3n) is 6.84. The Balaban J connectivity index is 1.32. The summed E-state index contributed by atoms with van der Waals surface area (Å²) in [6, 6.07) is 16.2. The van der Waals surface area contributed by atoms with Crippen LogP contribution in [0.1, 0.15) is 45.7 Å². The lowest BCUT2D eigenvalue weighted by Gasteiger charge is -2.38. The molecule has 2 aliphatic rings. The van der Waals surface area contributed by atoms with Crippen LogP contribution in [0.25, 0.3) is 11.3 Å². The van der Waals surface area contributed by atoms with E-state index in [-0.39, 0.29) is 11.3 Å². The molecule has 0 unspecified atom stereocenters. The summed E-state index contributed by atoms with van der Waals surface area (Å²) >= 11 is 0. The fourth-order valence-corrected chi connectivity index (χ4v) is 4.84. The Morgan fingerprint density at radius 3 is 2.65 bits per heavy atom. The molecule has 160 valence electrons. The van der Waals surface area contributed by atoms with Crippen molar-refractivity contribution < 1.29 is 13.9 Å². The molecule has 0 bridgehead atoms. The largest absolute Gasteiger partial charge is 0.492 e. The number of carbonyl (C=O) groups is 1. The van der Waals surface area contributed by atoms with E-state index < -0.39 is 0 Å². The number of nitrogens with zero attached hydrogens (tertiary/aromatic N) is 1. The molecule has 0 radical (unpaired) electrons. The Labute approximate surface area is 182 Å². The van der Waals surface area contributed by atoms with Gasteiger partial charge in [-0.3, -0.25) is 4.79 Å². The van der Waals surface area contributed by atoms with E-state index in [1.54, 1.807) is 6.07 Å². The average molecular weight is 417 g/mol. The summed E-state index contributed by atoms with van der Waals surface area (Å²) < 4.78 is 12.0. The van der Waals surface area contributed by atoms with Gasteiger partial charge in [-0.05, 0) is 62.1 Å². The number of carbonyl (C=O) groups excluding carboxylic acids is 1. The van der Waals surface area contributed by atoms with Crippen molar-refractivity contribution in [1.29, 1.82) is 0 Å². The number of aryl methyl sites for hydroxylation is 2. The Morgan fingerprint density at radius 1 is 1.06 bits per heavy atom. The third kappa shape index (κ3) is 3.43. The second-order valence-corrected chi connectivity index (χ2v) is 8.88. The number of hydrogen-bond acceptors (Lipinski definition) is 4. The highest BCUT2D eigenvalue weighted by molar-refractivity contribution is 5.92. The number of benzene rings is 2. The average Bonchev–Trinajstić information content (AvgIpc) is 3.41. The Morgan fingerprint density at radius 2 is 1.87 bits per heavy atom. The lowest BCUT2D eigenvalue weighted by Crippen LogP contribution is -2.46. The fraction of sp³-hybridized carbons (Fsp3) is 0.346. The Hall–Kier alpha value is -3.05. The van der Waals surface area contributed by atoms with Crippen molar-refractivity contribution in [3.8, 4) is 17.1 Å². The van der Waals surface area contributed by atoms with Gasteiger partial charge >= 0.3 is 0 Å². The number of furan rings is 1. The summed E-state index contributed by atoms with van der Waals surface area (Å²) in [5.74, 6) is 2.06. The Bertz CT molecular complexity index is 1140. The van der Waals surface area contributed by atoms with Crippen LogP contribution in [-0.2, 0) is 12.0 Å². The summed E-state index contributed by atoms with van der Waals surface area (Å²) in [5, 5.41) is 0. The smallest absolute Gasteiger partial charge is 0.289 e. The molecule has 2 aromatic carbocycles. The number of hydrogen-bond donors (Lipinski definition) is 1. The van der Waals surface area contributed by atoms with Crippen molar-refractivity contribution in [3.63, 3.8) is 0 Å². The van der Waals surface area contributed by atoms with Gasteiger partial charge in [-0.25, -0.2) is 0 Å². The molecule has 1 saturated heterocycles. The molecule has 0 atom stereocenters. The molecule has 0 aliphatic carbocycles. The lowest BCUT2D eigenvalue weighted by molar-refractivity contribution is 0.0616. The van der Waals surface area contributed by atoms with Crippen LogP contribution in [0.4, 0.5) is 0 Å². The predicted molar refractivity (Wildman–Crippen MR) is 120 cm³/mol. The van der Waals surface area contributed by atoms with Crippen LogP contribution < -0.4 is 10.5 Å². The maximum atomic E-state index is 13.1. The van der Waals surface area contributed by atoms with Crippen molar-refractivity contribution >= 4 is 5.91 Å². The zero-order valence-corrected chi connectivity index (χ0v) is 18.1. The van der Waals surface area contributed by atoms with Crippen molar-refractivity contribution in [1.82, 2.24) is 4.90 Å². The number of amides is 1. The zero-order valence-electron chi connectivity index (χ0n) is 18.1. The van der Waals surface area contributed by atoms with Gasteiger partial charge in [0.05, 0.1) is 6.61 Å². The van der Waals surface area contributed by atoms with Crippen molar-refractivity contribution in [2.24, 2.45) is 5.73 Å². The van der Waals surface area contributed by atoms with Gasteiger partial charge in [0.1, 0.15) is 11.5 Å². The molecule has 1 fully saturated rings. The van der Waals surface area contributed by atoms with E-state index in [0.717, 1.165) is 41.0 Å². The number of nitrogens with two attached hydrogens (primary N) is 1. The van der Waals surface area contributed by atoms with Gasteiger partial charge < -0.3 is 19.8 Å². The molecule has 3 aromatic rings. The molecular weight excluding hydrogens is 388 g/mol. The van der Waals surface area contributed by atoms with Gasteiger partial charge in [0.25, 0.3) is 5.91 Å². The first kappa shape index (κ1) is 19.9. The first-order valence-corrected chi connectivity index (χ1v) is 10.9. The number of piperidine rings is 1. The topological polar surface area (TPSA) is 68.7 Å². The standard InChI is InChI=1S/C26H28N2O3/c1-17-3-4-18(2)20(13-17)22-7-8-24(31-22)25(29)28-11-9-26(10-12-28)16-30-23-6-5-19(15-27)14-21(23)26/h3-8,13-14H,9-12,15-16,27H2,1-2H3. The van der Waals surface area contributed by atoms with Gasteiger partial charge in [0, 0.05) is 36.2 Å². The van der Waals surface area contributed by atoms with Crippen molar-refractivity contribution in [2.75, 3.05) is 19.7 Å². The van der Waals surface area contributed by atoms with Crippen LogP contribution in [0, 0.1) is 13.8 Å². The molecular formula is C26H28N2O3. The van der Waals surface area contributed by atoms with E-state index >= 15 is 0 Å². The van der Waals surface area contributed by atoms with Crippen LogP contribution in [-0.4, -0.2) is 30.5 Å². The number of ether oxygens (including phenoxy) is 1. The maximum Gasteiger partial charge on any atom is 0.289 e. The summed E-state index contributed by atoms with van der Waals surface area (Å²) in [6.07, 6.45) is 1.76. The molecule has 5 heteroatoms. The predicted octanol–water partition coefficient (Wildman–Crippen LogP) is 4.59. The summed E-state index contributed by atoms with van der Waals surface area (Å²) in [4.78, 5) is 15.0. The van der Waals surface area contributed by atoms with Gasteiger partial charge in [-0.1, -0.05) is 29.8 Å². The van der Waals surface area contributed by atoms with Crippen molar-refractivity contribution in [2.45, 2.75) is 38.6 Å². The maximum absolute atomic E-state index is 13.1. The molecule has 3 heterocycles. The quantitative estimate of drug-likeness (QED) is 0.678. The first-order chi connectivity index (χ1) is 15.0. The van der Waals surface area contributed by atoms with Crippen molar-refractivity contribution in [3.05, 3.63) is 76.5 Å². The van der Waals surface area contributed by atoms with Gasteiger partial charge in [-0.2, -0.15) is 0 Å². The van der Waals surface area contributed by atoms with Crippen LogP contribution in [0.2, 0.25) is 0 Å². The van der Waals surface area contributed by atoms with E-state index in [0.29, 0.717) is 32.0 Å². The van der Waals surface area contributed by atoms with E-state index in [1.165, 1.54) is 11.1 Å². The summed E-state index contributed by atoms with van der Waals surface area (Å²) in [5.41, 5.74) is 11.5. The fourth-order valence-electron chi connectivity index (χ4n) is 4.84. The highest BCUT2D eigenvalue weighted by atomic mass is 16.5. The van der Waals surface area contributed by atoms with E-state index in [2.05, 4.69) is 38.1 Å². The van der Waals surface area contributed by atoms with Crippen LogP contribution >= 0.6 is 0 Å². The molecule has 5 nitrogen and oxygen atoms in total. The number of fused-ring (bicyclic) bond motifs is 2. The minimum absolute atomic E-state index is 0.0235. The molecule has 31 heavy (non-hydrogen) atoms. The highest BCUT2D eigenvalue weighted by Crippen LogP contribution is 2.46. The summed E-state index contributed by atoms with van der Waals surface area (Å²) in [6.45, 7) is 6.69. The molecule has 1 amide bonds. The normalized spacial score (nSPS) is 16.9. The number of rotatable bonds is 3. The minimum atomic E-state index is -0.0405. The van der Waals surface area contributed by atoms with E-state index in [1.807, 2.05) is 23.1 Å². The van der Waals surface area contributed by atoms with Crippen LogP contribution in [0.15, 0.2) is 52.9 Å². The molecule has 5 rings (SSSR count). The summed E-state index contributed by atoms with van der Waals surface area (Å²) in [7, 11) is 0. The highest BCUT2D eigenvalue weighted by Gasteiger charge is 2.44. The van der Waals surface area contributed by atoms with Gasteiger partial charge in [0.15, 0.2) is 5.76 Å². The van der Waals surface area contributed by atoms with Gasteiger partial charge in [-0.15, -0.1) is 0 Å². The minimum Gasteiger partial charge on any atom is -0.492 e. The van der Waals surface area contributed by atoms with Crippen LogP contribution in [0.3, 0.4) is 0 Å². The van der Waals surface area contributed by atoms with E-state index in [9.17, 15) is 4.79 Å². The molecule has 0 saturated carbocycles. The second kappa shape index (κ2) is 7.57. The lowest BCUT2D eigenvalue weighted by atomic mass is 9.74. The molecule has 1 aromatic heterocycles. The van der Waals surface area contributed by atoms with E-state index in [4.69, 9.17) is 14.9 Å².